The maximum Gasteiger partial charge on any atom is 0.0642 e. The minimum absolute atomic E-state index is 0.809. The van der Waals surface area contributed by atoms with Crippen LogP contribution in [0.15, 0.2) is 53.6 Å². The Labute approximate surface area is 131 Å². The highest BCUT2D eigenvalue weighted by Gasteiger charge is 2.10. The second-order valence-electron chi connectivity index (χ2n) is 5.38. The van der Waals surface area contributed by atoms with Crippen molar-refractivity contribution in [1.29, 1.82) is 0 Å². The standard InChI is InChI=1S/C18H21N3O/c1-15-4-2-3-5-18(15)20-19-14-16-6-8-17(9-7-16)21-10-12-22-13-11-21/h2-9,14,20H,10-13H2,1H3/b19-14+. The summed E-state index contributed by atoms with van der Waals surface area (Å²) in [6, 6.07) is 16.6. The molecule has 114 valence electrons. The van der Waals surface area contributed by atoms with Crippen molar-refractivity contribution in [2.45, 2.75) is 6.92 Å². The van der Waals surface area contributed by atoms with E-state index in [2.05, 4.69) is 52.7 Å². The van der Waals surface area contributed by atoms with Gasteiger partial charge in [0.2, 0.25) is 0 Å². The summed E-state index contributed by atoms with van der Waals surface area (Å²) in [5.74, 6) is 0. The highest BCUT2D eigenvalue weighted by Crippen LogP contribution is 2.16. The van der Waals surface area contributed by atoms with Crippen LogP contribution in [0.5, 0.6) is 0 Å². The predicted molar refractivity (Wildman–Crippen MR) is 91.9 cm³/mol. The normalized spacial score (nSPS) is 15.2. The van der Waals surface area contributed by atoms with Crippen LogP contribution in [0.25, 0.3) is 0 Å². The number of anilines is 2. The molecule has 0 unspecified atom stereocenters. The number of morpholine rings is 1. The maximum absolute atomic E-state index is 5.38. The molecular formula is C18H21N3O. The van der Waals surface area contributed by atoms with Gasteiger partial charge in [-0.2, -0.15) is 5.10 Å². The molecule has 0 atom stereocenters. The summed E-state index contributed by atoms with van der Waals surface area (Å²) in [7, 11) is 0. The van der Waals surface area contributed by atoms with Gasteiger partial charge in [-0.05, 0) is 36.2 Å². The zero-order chi connectivity index (χ0) is 15.2. The number of hydrogen-bond acceptors (Lipinski definition) is 4. The Kier molecular flexibility index (Phi) is 4.71. The molecule has 1 saturated heterocycles. The second-order valence-corrected chi connectivity index (χ2v) is 5.38. The predicted octanol–water partition coefficient (Wildman–Crippen LogP) is 3.28. The van der Waals surface area contributed by atoms with E-state index < -0.39 is 0 Å². The summed E-state index contributed by atoms with van der Waals surface area (Å²) in [6.07, 6.45) is 1.84. The van der Waals surface area contributed by atoms with Crippen molar-refractivity contribution in [2.75, 3.05) is 36.6 Å². The van der Waals surface area contributed by atoms with E-state index in [1.807, 2.05) is 24.4 Å². The van der Waals surface area contributed by atoms with Crippen molar-refractivity contribution >= 4 is 17.6 Å². The molecule has 1 heterocycles. The van der Waals surface area contributed by atoms with E-state index >= 15 is 0 Å². The van der Waals surface area contributed by atoms with Crippen LogP contribution in [-0.2, 0) is 4.74 Å². The number of rotatable bonds is 4. The Bertz CT molecular complexity index is 631. The molecule has 0 bridgehead atoms. The lowest BCUT2D eigenvalue weighted by Crippen LogP contribution is -2.36. The number of aryl methyl sites for hydroxylation is 1. The van der Waals surface area contributed by atoms with Crippen molar-refractivity contribution in [3.05, 3.63) is 59.7 Å². The SMILES string of the molecule is Cc1ccccc1N/N=C/c1ccc(N2CCOCC2)cc1. The number of nitrogens with one attached hydrogen (secondary N) is 1. The first-order chi connectivity index (χ1) is 10.8. The minimum Gasteiger partial charge on any atom is -0.378 e. The zero-order valence-electron chi connectivity index (χ0n) is 12.8. The molecule has 4 heteroatoms. The summed E-state index contributed by atoms with van der Waals surface area (Å²) >= 11 is 0. The summed E-state index contributed by atoms with van der Waals surface area (Å²) in [4.78, 5) is 2.34. The maximum atomic E-state index is 5.38. The Morgan fingerprint density at radius 2 is 1.77 bits per heavy atom. The van der Waals surface area contributed by atoms with Crippen LogP contribution in [0.1, 0.15) is 11.1 Å². The van der Waals surface area contributed by atoms with Crippen LogP contribution in [0.3, 0.4) is 0 Å². The molecule has 2 aromatic rings. The first-order valence-electron chi connectivity index (χ1n) is 7.60. The first-order valence-corrected chi connectivity index (χ1v) is 7.60. The van der Waals surface area contributed by atoms with Crippen LogP contribution >= 0.6 is 0 Å². The van der Waals surface area contributed by atoms with E-state index in [1.54, 1.807) is 0 Å². The minimum atomic E-state index is 0.809. The van der Waals surface area contributed by atoms with Crippen molar-refractivity contribution in [3.8, 4) is 0 Å². The Morgan fingerprint density at radius 3 is 2.50 bits per heavy atom. The molecule has 1 aliphatic heterocycles. The number of nitrogens with zero attached hydrogens (tertiary/aromatic N) is 2. The van der Waals surface area contributed by atoms with Crippen LogP contribution in [0.2, 0.25) is 0 Å². The third-order valence-corrected chi connectivity index (χ3v) is 3.81. The average molecular weight is 295 g/mol. The van der Waals surface area contributed by atoms with Gasteiger partial charge in [0, 0.05) is 18.8 Å². The van der Waals surface area contributed by atoms with E-state index in [0.717, 1.165) is 37.6 Å². The van der Waals surface area contributed by atoms with Gasteiger partial charge < -0.3 is 9.64 Å². The number of para-hydroxylation sites is 1. The molecule has 3 rings (SSSR count). The molecule has 1 fully saturated rings. The van der Waals surface area contributed by atoms with E-state index in [9.17, 15) is 0 Å². The fraction of sp³-hybridized carbons (Fsp3) is 0.278. The summed E-state index contributed by atoms with van der Waals surface area (Å²) in [5.41, 5.74) is 7.62. The lowest BCUT2D eigenvalue weighted by atomic mass is 10.2. The third kappa shape index (κ3) is 3.65. The molecule has 4 nitrogen and oxygen atoms in total. The monoisotopic (exact) mass is 295 g/mol. The molecule has 0 spiro atoms. The fourth-order valence-electron chi connectivity index (χ4n) is 2.47. The van der Waals surface area contributed by atoms with Crippen molar-refractivity contribution in [2.24, 2.45) is 5.10 Å². The van der Waals surface area contributed by atoms with Crippen LogP contribution in [0.4, 0.5) is 11.4 Å². The van der Waals surface area contributed by atoms with Gasteiger partial charge in [-0.1, -0.05) is 30.3 Å². The van der Waals surface area contributed by atoms with Gasteiger partial charge >= 0.3 is 0 Å². The summed E-state index contributed by atoms with van der Waals surface area (Å²) in [5, 5.41) is 4.31. The Hall–Kier alpha value is -2.33. The van der Waals surface area contributed by atoms with E-state index in [0.29, 0.717) is 0 Å². The van der Waals surface area contributed by atoms with Crippen molar-refractivity contribution in [3.63, 3.8) is 0 Å². The molecular weight excluding hydrogens is 274 g/mol. The highest BCUT2D eigenvalue weighted by atomic mass is 16.5. The van der Waals surface area contributed by atoms with Gasteiger partial charge in [-0.15, -0.1) is 0 Å². The largest absolute Gasteiger partial charge is 0.378 e. The van der Waals surface area contributed by atoms with Crippen LogP contribution in [-0.4, -0.2) is 32.5 Å². The van der Waals surface area contributed by atoms with Gasteiger partial charge in [0.05, 0.1) is 25.1 Å². The molecule has 0 aliphatic carbocycles. The van der Waals surface area contributed by atoms with Crippen LogP contribution < -0.4 is 10.3 Å². The molecule has 0 radical (unpaired) electrons. The molecule has 0 amide bonds. The zero-order valence-corrected chi connectivity index (χ0v) is 12.8. The summed E-state index contributed by atoms with van der Waals surface area (Å²) in [6.45, 7) is 5.60. The molecule has 2 aromatic carbocycles. The van der Waals surface area contributed by atoms with Gasteiger partial charge in [0.25, 0.3) is 0 Å². The van der Waals surface area contributed by atoms with Crippen molar-refractivity contribution in [1.82, 2.24) is 0 Å². The lowest BCUT2D eigenvalue weighted by Gasteiger charge is -2.28. The average Bonchev–Trinajstić information content (AvgIpc) is 2.58. The number of ether oxygens (including phenoxy) is 1. The highest BCUT2D eigenvalue weighted by molar-refractivity contribution is 5.81. The van der Waals surface area contributed by atoms with Gasteiger partial charge in [0.1, 0.15) is 0 Å². The van der Waals surface area contributed by atoms with Gasteiger partial charge in [-0.3, -0.25) is 5.43 Å². The van der Waals surface area contributed by atoms with E-state index in [4.69, 9.17) is 4.74 Å². The van der Waals surface area contributed by atoms with Crippen LogP contribution in [0, 0.1) is 6.92 Å². The molecule has 0 aromatic heterocycles. The van der Waals surface area contributed by atoms with Crippen molar-refractivity contribution < 1.29 is 4.74 Å². The third-order valence-electron chi connectivity index (χ3n) is 3.81. The Balaban J connectivity index is 1.61. The molecule has 1 aliphatic rings. The lowest BCUT2D eigenvalue weighted by molar-refractivity contribution is 0.122. The fourth-order valence-corrected chi connectivity index (χ4v) is 2.47. The number of benzene rings is 2. The second kappa shape index (κ2) is 7.09. The molecule has 1 N–H and O–H groups in total. The topological polar surface area (TPSA) is 36.9 Å². The Morgan fingerprint density at radius 1 is 1.05 bits per heavy atom. The molecule has 0 saturated carbocycles. The van der Waals surface area contributed by atoms with Gasteiger partial charge in [-0.25, -0.2) is 0 Å². The number of hydrazone groups is 1. The van der Waals surface area contributed by atoms with E-state index in [-0.39, 0.29) is 0 Å². The smallest absolute Gasteiger partial charge is 0.0642 e. The van der Waals surface area contributed by atoms with E-state index in [1.165, 1.54) is 11.3 Å². The van der Waals surface area contributed by atoms with Gasteiger partial charge in [0.15, 0.2) is 0 Å². The first kappa shape index (κ1) is 14.6. The summed E-state index contributed by atoms with van der Waals surface area (Å²) < 4.78 is 5.38. The molecule has 22 heavy (non-hydrogen) atoms. The quantitative estimate of drug-likeness (QED) is 0.695. The number of hydrogen-bond donors (Lipinski definition) is 1.